The summed E-state index contributed by atoms with van der Waals surface area (Å²) in [6, 6.07) is 15.0. The number of fused-ring (bicyclic) bond motifs is 1. The third kappa shape index (κ3) is 2.26. The van der Waals surface area contributed by atoms with Crippen LogP contribution in [0.5, 0.6) is 0 Å². The van der Waals surface area contributed by atoms with Gasteiger partial charge in [0.15, 0.2) is 0 Å². The summed E-state index contributed by atoms with van der Waals surface area (Å²) in [5.41, 5.74) is 2.54. The van der Waals surface area contributed by atoms with E-state index in [0.717, 1.165) is 0 Å². The second-order valence-electron chi connectivity index (χ2n) is 4.23. The summed E-state index contributed by atoms with van der Waals surface area (Å²) in [6.45, 7) is 2.14. The van der Waals surface area contributed by atoms with Crippen LogP contribution >= 0.6 is 15.9 Å². The first-order valence-electron chi connectivity index (χ1n) is 5.74. The summed E-state index contributed by atoms with van der Waals surface area (Å²) in [4.78, 5) is 3.36. The third-order valence-electron chi connectivity index (χ3n) is 2.86. The van der Waals surface area contributed by atoms with Gasteiger partial charge in [0.1, 0.15) is 0 Å². The zero-order chi connectivity index (χ0) is 12.5. The van der Waals surface area contributed by atoms with Gasteiger partial charge in [-0.05, 0) is 0 Å². The number of H-pyrrole nitrogens is 1. The Morgan fingerprint density at radius 2 is 1.89 bits per heavy atom. The molecule has 3 aromatic rings. The summed E-state index contributed by atoms with van der Waals surface area (Å²) in [5, 5.41) is 1.35. The van der Waals surface area contributed by atoms with Crippen LogP contribution in [0.3, 0.4) is 0 Å². The van der Waals surface area contributed by atoms with Crippen molar-refractivity contribution in [3.8, 4) is 0 Å². The summed E-state index contributed by atoms with van der Waals surface area (Å²) < 4.78 is 3.99. The molecule has 3 rings (SSSR count). The summed E-state index contributed by atoms with van der Waals surface area (Å²) in [5.74, 6) is 0. The van der Waals surface area contributed by atoms with E-state index in [4.69, 9.17) is 0 Å². The molecule has 0 amide bonds. The van der Waals surface area contributed by atoms with Gasteiger partial charge >= 0.3 is 121 Å². The van der Waals surface area contributed by atoms with E-state index >= 15 is 0 Å². The van der Waals surface area contributed by atoms with Crippen molar-refractivity contribution in [2.75, 3.05) is 0 Å². The zero-order valence-electron chi connectivity index (χ0n) is 9.91. The number of benzene rings is 2. The van der Waals surface area contributed by atoms with E-state index in [2.05, 4.69) is 76.5 Å². The molecular weight excluding hydrogens is 353 g/mol. The minimum atomic E-state index is 0.326. The molecule has 0 fully saturated rings. The number of aromatic nitrogens is 1. The predicted octanol–water partition coefficient (Wildman–Crippen LogP) is 2.89. The maximum atomic E-state index is 3.63. The van der Waals surface area contributed by atoms with E-state index in [1.165, 1.54) is 29.9 Å². The van der Waals surface area contributed by atoms with E-state index in [0.29, 0.717) is 15.0 Å². The van der Waals surface area contributed by atoms with Gasteiger partial charge in [0, 0.05) is 0 Å². The van der Waals surface area contributed by atoms with Gasteiger partial charge in [-0.25, -0.2) is 0 Å². The second kappa shape index (κ2) is 4.93. The number of hydrogen-bond acceptors (Lipinski definition) is 0. The van der Waals surface area contributed by atoms with Gasteiger partial charge in [0.25, 0.3) is 0 Å². The fourth-order valence-electron chi connectivity index (χ4n) is 1.94. The average Bonchev–Trinajstić information content (AvgIpc) is 2.75. The van der Waals surface area contributed by atoms with Crippen LogP contribution in [0.15, 0.2) is 53.1 Å². The fourth-order valence-corrected chi connectivity index (χ4v) is 4.63. The molecular formula is C15H12BrNSe. The van der Waals surface area contributed by atoms with Crippen LogP contribution in [0.4, 0.5) is 0 Å². The number of rotatable bonds is 2. The Bertz CT molecular complexity index is 703. The molecule has 3 heteroatoms. The standard InChI is InChI=1S/C15H12BrNSe/c1-10-6-7-13-11(8-10)15(9-17-13)18-14-5-3-2-4-12(14)16/h2-9,17H,1H3. The molecule has 0 aliphatic rings. The van der Waals surface area contributed by atoms with E-state index in [-0.39, 0.29) is 0 Å². The SMILES string of the molecule is Cc1ccc2[nH]cc([Se]c3ccccc3Br)c2c1. The van der Waals surface area contributed by atoms with Crippen molar-refractivity contribution in [1.29, 1.82) is 0 Å². The van der Waals surface area contributed by atoms with Crippen molar-refractivity contribution in [2.24, 2.45) is 0 Å². The Balaban J connectivity index is 2.05. The number of hydrogen-bond donors (Lipinski definition) is 1. The third-order valence-corrected chi connectivity index (χ3v) is 6.52. The quantitative estimate of drug-likeness (QED) is 0.673. The molecule has 1 heterocycles. The molecule has 1 aromatic heterocycles. The zero-order valence-corrected chi connectivity index (χ0v) is 13.2. The minimum absolute atomic E-state index is 0.326. The van der Waals surface area contributed by atoms with Crippen molar-refractivity contribution >= 4 is 50.7 Å². The average molecular weight is 365 g/mol. The second-order valence-corrected chi connectivity index (χ2v) is 7.36. The fraction of sp³-hybridized carbons (Fsp3) is 0.0667. The number of aromatic amines is 1. The molecule has 0 radical (unpaired) electrons. The molecule has 1 N–H and O–H groups in total. The van der Waals surface area contributed by atoms with E-state index in [9.17, 15) is 0 Å². The molecule has 1 nitrogen and oxygen atoms in total. The Labute approximate surface area is 121 Å². The molecule has 0 aliphatic heterocycles. The normalized spacial score (nSPS) is 11.0. The van der Waals surface area contributed by atoms with Crippen molar-refractivity contribution in [2.45, 2.75) is 6.92 Å². The first-order valence-corrected chi connectivity index (χ1v) is 8.25. The van der Waals surface area contributed by atoms with Crippen LogP contribution in [-0.2, 0) is 0 Å². The molecule has 2 aromatic carbocycles. The maximum absolute atomic E-state index is 3.63. The van der Waals surface area contributed by atoms with E-state index < -0.39 is 0 Å². The van der Waals surface area contributed by atoms with Gasteiger partial charge < -0.3 is 0 Å². The molecule has 0 unspecified atom stereocenters. The van der Waals surface area contributed by atoms with Gasteiger partial charge in [-0.2, -0.15) is 0 Å². The summed E-state index contributed by atoms with van der Waals surface area (Å²) in [6.07, 6.45) is 2.14. The van der Waals surface area contributed by atoms with Gasteiger partial charge in [-0.3, -0.25) is 0 Å². The topological polar surface area (TPSA) is 15.8 Å². The van der Waals surface area contributed by atoms with E-state index in [1.807, 2.05) is 0 Å². The number of nitrogens with one attached hydrogen (secondary N) is 1. The summed E-state index contributed by atoms with van der Waals surface area (Å²) >= 11 is 3.95. The molecule has 0 aliphatic carbocycles. The van der Waals surface area contributed by atoms with Gasteiger partial charge in [-0.1, -0.05) is 0 Å². The van der Waals surface area contributed by atoms with Crippen molar-refractivity contribution in [1.82, 2.24) is 4.98 Å². The molecule has 0 bridgehead atoms. The van der Waals surface area contributed by atoms with Crippen molar-refractivity contribution in [3.05, 3.63) is 58.7 Å². The number of halogens is 1. The monoisotopic (exact) mass is 365 g/mol. The first kappa shape index (κ1) is 12.0. The van der Waals surface area contributed by atoms with E-state index in [1.54, 1.807) is 0 Å². The molecule has 0 spiro atoms. The Hall–Kier alpha value is -1.02. The van der Waals surface area contributed by atoms with Gasteiger partial charge in [-0.15, -0.1) is 0 Å². The van der Waals surface area contributed by atoms with Crippen LogP contribution in [0.2, 0.25) is 0 Å². The predicted molar refractivity (Wildman–Crippen MR) is 82.2 cm³/mol. The first-order chi connectivity index (χ1) is 8.74. The van der Waals surface area contributed by atoms with Crippen molar-refractivity contribution < 1.29 is 0 Å². The van der Waals surface area contributed by atoms with Crippen LogP contribution in [0, 0.1) is 6.92 Å². The molecule has 0 saturated carbocycles. The summed E-state index contributed by atoms with van der Waals surface area (Å²) in [7, 11) is 0. The van der Waals surface area contributed by atoms with Crippen molar-refractivity contribution in [3.63, 3.8) is 0 Å². The Morgan fingerprint density at radius 3 is 2.72 bits per heavy atom. The molecule has 90 valence electrons. The molecule has 0 saturated heterocycles. The van der Waals surface area contributed by atoms with Crippen LogP contribution in [0.1, 0.15) is 5.56 Å². The van der Waals surface area contributed by atoms with Crippen LogP contribution in [-0.4, -0.2) is 19.9 Å². The Morgan fingerprint density at radius 1 is 1.06 bits per heavy atom. The molecule has 18 heavy (non-hydrogen) atoms. The van der Waals surface area contributed by atoms with Crippen LogP contribution < -0.4 is 8.92 Å². The van der Waals surface area contributed by atoms with Gasteiger partial charge in [0.2, 0.25) is 0 Å². The number of aryl methyl sites for hydroxylation is 1. The van der Waals surface area contributed by atoms with Crippen LogP contribution in [0.25, 0.3) is 10.9 Å². The van der Waals surface area contributed by atoms with Gasteiger partial charge in [0.05, 0.1) is 0 Å². The Kier molecular flexibility index (Phi) is 3.29. The molecule has 0 atom stereocenters.